The van der Waals surface area contributed by atoms with E-state index in [0.717, 1.165) is 62.7 Å². The Morgan fingerprint density at radius 3 is 2.72 bits per heavy atom. The molecule has 2 heterocycles. The molecule has 1 aliphatic carbocycles. The lowest BCUT2D eigenvalue weighted by molar-refractivity contribution is -0.132. The number of benzene rings is 1. The number of aromatic nitrogens is 2. The van der Waals surface area contributed by atoms with E-state index >= 15 is 0 Å². The zero-order valence-corrected chi connectivity index (χ0v) is 16.9. The summed E-state index contributed by atoms with van der Waals surface area (Å²) in [5.41, 5.74) is 4.96. The van der Waals surface area contributed by atoms with Gasteiger partial charge in [-0.15, -0.1) is 12.3 Å². The van der Waals surface area contributed by atoms with Gasteiger partial charge in [-0.2, -0.15) is 0 Å². The fraction of sp³-hybridized carbons (Fsp3) is 0.458. The highest BCUT2D eigenvalue weighted by Crippen LogP contribution is 2.24. The maximum atomic E-state index is 12.5. The quantitative estimate of drug-likeness (QED) is 0.582. The maximum absolute atomic E-state index is 12.5. The molecule has 5 heteroatoms. The lowest BCUT2D eigenvalue weighted by atomic mass is 10.1. The van der Waals surface area contributed by atoms with Crippen LogP contribution in [-0.2, 0) is 30.6 Å². The van der Waals surface area contributed by atoms with Crippen LogP contribution in [0.1, 0.15) is 54.5 Å². The fourth-order valence-corrected chi connectivity index (χ4v) is 4.28. The molecule has 5 nitrogen and oxygen atoms in total. The molecule has 0 spiro atoms. The maximum Gasteiger partial charge on any atom is 0.223 e. The lowest BCUT2D eigenvalue weighted by Crippen LogP contribution is -2.36. The van der Waals surface area contributed by atoms with Crippen LogP contribution < -0.4 is 5.32 Å². The van der Waals surface area contributed by atoms with Crippen molar-refractivity contribution in [2.24, 2.45) is 0 Å². The molecule has 0 saturated heterocycles. The summed E-state index contributed by atoms with van der Waals surface area (Å²) in [6.07, 6.45) is 14.3. The summed E-state index contributed by atoms with van der Waals surface area (Å²) in [6.45, 7) is 1.36. The van der Waals surface area contributed by atoms with Crippen molar-refractivity contribution in [1.82, 2.24) is 14.9 Å². The fourth-order valence-electron chi connectivity index (χ4n) is 4.28. The number of anilines is 1. The van der Waals surface area contributed by atoms with Crippen molar-refractivity contribution >= 4 is 11.9 Å². The molecule has 1 N–H and O–H groups in total. The summed E-state index contributed by atoms with van der Waals surface area (Å²) in [5, 5.41) is 3.50. The largest absolute Gasteiger partial charge is 0.351 e. The number of nitrogens with zero attached hydrogens (tertiary/aromatic N) is 3. The highest BCUT2D eigenvalue weighted by Gasteiger charge is 2.24. The smallest absolute Gasteiger partial charge is 0.223 e. The van der Waals surface area contributed by atoms with E-state index in [-0.39, 0.29) is 5.91 Å². The molecule has 150 valence electrons. The van der Waals surface area contributed by atoms with Crippen molar-refractivity contribution in [3.8, 4) is 12.3 Å². The number of amides is 1. The number of carbonyl (C=O) groups is 1. The third kappa shape index (κ3) is 4.76. The minimum Gasteiger partial charge on any atom is -0.351 e. The highest BCUT2D eigenvalue weighted by atomic mass is 16.2. The van der Waals surface area contributed by atoms with Crippen LogP contribution in [0.4, 0.5) is 5.95 Å². The Morgan fingerprint density at radius 1 is 1.17 bits per heavy atom. The van der Waals surface area contributed by atoms with E-state index in [4.69, 9.17) is 11.4 Å². The number of hydrogen-bond acceptors (Lipinski definition) is 4. The van der Waals surface area contributed by atoms with Crippen LogP contribution in [0.5, 0.6) is 0 Å². The SMILES string of the molecule is C#CCCCCCC(=O)N1CCc2nc(NC3Cc4ccccc4C3)ncc2C1. The van der Waals surface area contributed by atoms with Gasteiger partial charge in [-0.25, -0.2) is 9.97 Å². The van der Waals surface area contributed by atoms with Gasteiger partial charge in [-0.3, -0.25) is 4.79 Å². The van der Waals surface area contributed by atoms with E-state index in [2.05, 4.69) is 40.5 Å². The number of hydrogen-bond donors (Lipinski definition) is 1. The molecule has 0 bridgehead atoms. The van der Waals surface area contributed by atoms with Crippen molar-refractivity contribution in [1.29, 1.82) is 0 Å². The van der Waals surface area contributed by atoms with Crippen LogP contribution in [-0.4, -0.2) is 33.4 Å². The van der Waals surface area contributed by atoms with Gasteiger partial charge in [0.25, 0.3) is 0 Å². The van der Waals surface area contributed by atoms with E-state index in [1.165, 1.54) is 11.1 Å². The van der Waals surface area contributed by atoms with Crippen LogP contribution in [0.25, 0.3) is 0 Å². The van der Waals surface area contributed by atoms with Crippen LogP contribution in [0.2, 0.25) is 0 Å². The second-order valence-electron chi connectivity index (χ2n) is 8.01. The topological polar surface area (TPSA) is 58.1 Å². The molecule has 4 rings (SSSR count). The summed E-state index contributed by atoms with van der Waals surface area (Å²) in [4.78, 5) is 23.7. The molecule has 0 unspecified atom stereocenters. The molecule has 2 aromatic rings. The monoisotopic (exact) mass is 388 g/mol. The van der Waals surface area contributed by atoms with Crippen LogP contribution in [0, 0.1) is 12.3 Å². The number of carbonyl (C=O) groups excluding carboxylic acids is 1. The first-order chi connectivity index (χ1) is 14.2. The van der Waals surface area contributed by atoms with E-state index in [1.54, 1.807) is 0 Å². The van der Waals surface area contributed by atoms with Crippen LogP contribution >= 0.6 is 0 Å². The molecular weight excluding hydrogens is 360 g/mol. The molecule has 0 fully saturated rings. The zero-order valence-electron chi connectivity index (χ0n) is 16.9. The first kappa shape index (κ1) is 19.4. The minimum absolute atomic E-state index is 0.224. The van der Waals surface area contributed by atoms with Gasteiger partial charge in [-0.1, -0.05) is 30.7 Å². The van der Waals surface area contributed by atoms with Crippen molar-refractivity contribution in [2.75, 3.05) is 11.9 Å². The van der Waals surface area contributed by atoms with Crippen molar-refractivity contribution in [3.63, 3.8) is 0 Å². The normalized spacial score (nSPS) is 15.5. The Bertz CT molecular complexity index is 892. The van der Waals surface area contributed by atoms with Crippen molar-refractivity contribution in [2.45, 2.75) is 64.0 Å². The molecule has 1 aromatic carbocycles. The Labute approximate surface area is 172 Å². The minimum atomic E-state index is 0.224. The summed E-state index contributed by atoms with van der Waals surface area (Å²) >= 11 is 0. The summed E-state index contributed by atoms with van der Waals surface area (Å²) in [5.74, 6) is 3.58. The molecule has 0 saturated carbocycles. The van der Waals surface area contributed by atoms with Gasteiger partial charge in [0.1, 0.15) is 0 Å². The Balaban J connectivity index is 1.30. The Hall–Kier alpha value is -2.87. The number of fused-ring (bicyclic) bond motifs is 2. The lowest BCUT2D eigenvalue weighted by Gasteiger charge is -2.28. The molecule has 0 radical (unpaired) electrons. The van der Waals surface area contributed by atoms with Gasteiger partial charge in [0.2, 0.25) is 11.9 Å². The summed E-state index contributed by atoms with van der Waals surface area (Å²) in [6, 6.07) is 8.94. The first-order valence-corrected chi connectivity index (χ1v) is 10.6. The molecule has 1 aromatic heterocycles. The standard InChI is InChI=1S/C24H28N4O/c1-2-3-4-5-6-11-23(29)28-13-12-22-20(17-28)16-25-24(27-22)26-21-14-18-9-7-8-10-19(18)15-21/h1,7-10,16,21H,3-6,11-15,17H2,(H,25,26,27). The third-order valence-corrected chi connectivity index (χ3v) is 5.88. The molecule has 2 aliphatic rings. The summed E-state index contributed by atoms with van der Waals surface area (Å²) < 4.78 is 0. The summed E-state index contributed by atoms with van der Waals surface area (Å²) in [7, 11) is 0. The molecule has 0 atom stereocenters. The van der Waals surface area contributed by atoms with Gasteiger partial charge >= 0.3 is 0 Å². The van der Waals surface area contributed by atoms with Crippen LogP contribution in [0.15, 0.2) is 30.5 Å². The molecule has 29 heavy (non-hydrogen) atoms. The predicted molar refractivity (Wildman–Crippen MR) is 114 cm³/mol. The van der Waals surface area contributed by atoms with Gasteiger partial charge in [0.15, 0.2) is 0 Å². The van der Waals surface area contributed by atoms with E-state index in [0.29, 0.717) is 25.0 Å². The highest BCUT2D eigenvalue weighted by molar-refractivity contribution is 5.76. The van der Waals surface area contributed by atoms with Crippen molar-refractivity contribution < 1.29 is 4.79 Å². The van der Waals surface area contributed by atoms with Gasteiger partial charge in [0.05, 0.1) is 5.69 Å². The van der Waals surface area contributed by atoms with E-state index in [9.17, 15) is 4.79 Å². The number of rotatable bonds is 7. The second-order valence-corrected chi connectivity index (χ2v) is 8.01. The van der Waals surface area contributed by atoms with Crippen LogP contribution in [0.3, 0.4) is 0 Å². The second kappa shape index (κ2) is 9.09. The number of unbranched alkanes of at least 4 members (excludes halogenated alkanes) is 3. The van der Waals surface area contributed by atoms with Gasteiger partial charge in [-0.05, 0) is 36.8 Å². The molecule has 1 aliphatic heterocycles. The molecule has 1 amide bonds. The number of terminal acetylenes is 1. The predicted octanol–water partition coefficient (Wildman–Crippen LogP) is 3.52. The Kier molecular flexibility index (Phi) is 6.09. The average Bonchev–Trinajstić information content (AvgIpc) is 3.15. The first-order valence-electron chi connectivity index (χ1n) is 10.6. The number of nitrogens with one attached hydrogen (secondary N) is 1. The van der Waals surface area contributed by atoms with E-state index in [1.807, 2.05) is 11.1 Å². The molecular formula is C24H28N4O. The third-order valence-electron chi connectivity index (χ3n) is 5.88. The van der Waals surface area contributed by atoms with Crippen molar-refractivity contribution in [3.05, 3.63) is 52.8 Å². The average molecular weight is 389 g/mol. The Morgan fingerprint density at radius 2 is 1.97 bits per heavy atom. The van der Waals surface area contributed by atoms with E-state index < -0.39 is 0 Å². The van der Waals surface area contributed by atoms with Gasteiger partial charge < -0.3 is 10.2 Å². The zero-order chi connectivity index (χ0) is 20.1. The van der Waals surface area contributed by atoms with Gasteiger partial charge in [0, 0.05) is 50.2 Å².